The molecule has 3 amide bonds. The average Bonchev–Trinajstić information content (AvgIpc) is 3.27. The fraction of sp³-hybridized carbons (Fsp3) is 0.333. The quantitative estimate of drug-likeness (QED) is 0.428. The van der Waals surface area contributed by atoms with E-state index in [1.807, 2.05) is 74.5 Å². The number of hydrogen-bond acceptors (Lipinski definition) is 6. The van der Waals surface area contributed by atoms with Gasteiger partial charge in [0.2, 0.25) is 5.91 Å². The number of aliphatic hydroxyl groups is 1. The van der Waals surface area contributed by atoms with E-state index in [0.717, 1.165) is 11.1 Å². The van der Waals surface area contributed by atoms with E-state index in [2.05, 4.69) is 10.3 Å². The summed E-state index contributed by atoms with van der Waals surface area (Å²) in [5.74, 6) is -0.977. The van der Waals surface area contributed by atoms with Gasteiger partial charge in [-0.2, -0.15) is 0 Å². The lowest BCUT2D eigenvalue weighted by atomic mass is 9.96. The second kappa shape index (κ2) is 12.4. The van der Waals surface area contributed by atoms with Crippen LogP contribution in [0.15, 0.2) is 85.2 Å². The minimum absolute atomic E-state index is 0.201. The summed E-state index contributed by atoms with van der Waals surface area (Å²) >= 11 is 1.49. The molecule has 0 aliphatic carbocycles. The molecule has 0 saturated carbocycles. The minimum Gasteiger partial charge on any atom is -0.381 e. The van der Waals surface area contributed by atoms with Crippen molar-refractivity contribution < 1.29 is 19.5 Å². The van der Waals surface area contributed by atoms with E-state index in [0.29, 0.717) is 12.1 Å². The topological polar surface area (TPSA) is 103 Å². The van der Waals surface area contributed by atoms with Gasteiger partial charge in [-0.3, -0.25) is 19.4 Å². The number of carbonyl (C=O) groups is 3. The third-order valence-corrected chi connectivity index (χ3v) is 8.25. The number of aromatic nitrogens is 1. The second-order valence-electron chi connectivity index (χ2n) is 10.2. The van der Waals surface area contributed by atoms with Crippen molar-refractivity contribution in [3.05, 3.63) is 102 Å². The number of pyridine rings is 1. The summed E-state index contributed by atoms with van der Waals surface area (Å²) in [4.78, 5) is 47.5. The van der Waals surface area contributed by atoms with Gasteiger partial charge < -0.3 is 20.2 Å². The zero-order valence-corrected chi connectivity index (χ0v) is 23.2. The van der Waals surface area contributed by atoms with Crippen LogP contribution in [-0.4, -0.2) is 73.5 Å². The Morgan fingerprint density at radius 1 is 1.05 bits per heavy atom. The van der Waals surface area contributed by atoms with Gasteiger partial charge in [0.15, 0.2) is 6.10 Å². The smallest absolute Gasteiger partial charge is 0.254 e. The third-order valence-electron chi connectivity index (χ3n) is 6.87. The molecule has 3 aromatic rings. The highest BCUT2D eigenvalue weighted by Crippen LogP contribution is 2.40. The highest BCUT2D eigenvalue weighted by Gasteiger charge is 2.50. The van der Waals surface area contributed by atoms with Crippen molar-refractivity contribution >= 4 is 29.5 Å². The number of aliphatic hydroxyl groups excluding tert-OH is 1. The minimum atomic E-state index is -1.56. The van der Waals surface area contributed by atoms with Gasteiger partial charge in [-0.15, -0.1) is 11.8 Å². The average molecular weight is 547 g/mol. The Kier molecular flexibility index (Phi) is 9.04. The maximum Gasteiger partial charge on any atom is 0.254 e. The number of thioether (sulfide) groups is 1. The fourth-order valence-corrected chi connectivity index (χ4v) is 5.86. The Morgan fingerprint density at radius 3 is 2.31 bits per heavy atom. The normalized spacial score (nSPS) is 17.7. The van der Waals surface area contributed by atoms with E-state index >= 15 is 0 Å². The lowest BCUT2D eigenvalue weighted by Gasteiger charge is -2.35. The molecular formula is C30H34N4O4S. The highest BCUT2D eigenvalue weighted by molar-refractivity contribution is 8.00. The van der Waals surface area contributed by atoms with Gasteiger partial charge in [0.05, 0.1) is 17.5 Å². The van der Waals surface area contributed by atoms with Crippen LogP contribution in [0.2, 0.25) is 0 Å². The fourth-order valence-electron chi connectivity index (χ4n) is 4.73. The first-order valence-corrected chi connectivity index (χ1v) is 13.8. The molecule has 1 saturated heterocycles. The molecule has 3 atom stereocenters. The predicted molar refractivity (Wildman–Crippen MR) is 152 cm³/mol. The summed E-state index contributed by atoms with van der Waals surface area (Å²) in [5, 5.41) is 14.2. The summed E-state index contributed by atoms with van der Waals surface area (Å²) < 4.78 is -0.564. The Balaban J connectivity index is 1.56. The summed E-state index contributed by atoms with van der Waals surface area (Å²) in [6, 6.07) is 20.6. The molecule has 1 unspecified atom stereocenters. The van der Waals surface area contributed by atoms with Crippen LogP contribution in [0.5, 0.6) is 0 Å². The number of amides is 3. The van der Waals surface area contributed by atoms with Gasteiger partial charge in [0.1, 0.15) is 6.04 Å². The molecule has 4 rings (SSSR count). The van der Waals surface area contributed by atoms with Crippen LogP contribution in [0, 0.1) is 0 Å². The molecule has 8 nitrogen and oxygen atoms in total. The largest absolute Gasteiger partial charge is 0.381 e. The highest BCUT2D eigenvalue weighted by atomic mass is 32.2. The van der Waals surface area contributed by atoms with Crippen LogP contribution >= 0.6 is 11.8 Å². The first kappa shape index (κ1) is 28.3. The molecule has 1 aliphatic rings. The van der Waals surface area contributed by atoms with Crippen molar-refractivity contribution in [1.82, 2.24) is 20.1 Å². The number of nitrogens with one attached hydrogen (secondary N) is 1. The molecule has 0 bridgehead atoms. The molecule has 1 aromatic heterocycles. The van der Waals surface area contributed by atoms with E-state index in [-0.39, 0.29) is 18.2 Å². The van der Waals surface area contributed by atoms with Gasteiger partial charge in [0, 0.05) is 30.7 Å². The predicted octanol–water partition coefficient (Wildman–Crippen LogP) is 3.12. The number of hydrogen-bond donors (Lipinski definition) is 2. The molecule has 2 heterocycles. The van der Waals surface area contributed by atoms with Crippen molar-refractivity contribution in [1.29, 1.82) is 0 Å². The first-order chi connectivity index (χ1) is 18.7. The number of nitrogens with zero attached hydrogens (tertiary/aromatic N) is 3. The van der Waals surface area contributed by atoms with Crippen molar-refractivity contribution in [3.63, 3.8) is 0 Å². The molecule has 2 aromatic carbocycles. The number of rotatable bonds is 9. The van der Waals surface area contributed by atoms with E-state index < -0.39 is 34.7 Å². The van der Waals surface area contributed by atoms with E-state index in [9.17, 15) is 19.5 Å². The zero-order chi connectivity index (χ0) is 28.0. The lowest BCUT2D eigenvalue weighted by Crippen LogP contribution is -2.58. The van der Waals surface area contributed by atoms with Gasteiger partial charge in [-0.25, -0.2) is 0 Å². The Labute approximate surface area is 233 Å². The lowest BCUT2D eigenvalue weighted by molar-refractivity contribution is -0.150. The molecular weight excluding hydrogens is 512 g/mol. The van der Waals surface area contributed by atoms with Crippen molar-refractivity contribution in [2.24, 2.45) is 0 Å². The zero-order valence-electron chi connectivity index (χ0n) is 22.4. The molecule has 2 N–H and O–H groups in total. The van der Waals surface area contributed by atoms with Crippen LogP contribution in [0.1, 0.15) is 35.3 Å². The maximum absolute atomic E-state index is 13.8. The Morgan fingerprint density at radius 2 is 1.69 bits per heavy atom. The van der Waals surface area contributed by atoms with Crippen LogP contribution in [-0.2, 0) is 22.6 Å². The summed E-state index contributed by atoms with van der Waals surface area (Å²) in [7, 11) is 1.72. The molecule has 39 heavy (non-hydrogen) atoms. The summed E-state index contributed by atoms with van der Waals surface area (Å²) in [5.41, 5.74) is 2.16. The molecule has 1 aliphatic heterocycles. The number of likely N-dealkylation sites (N-methyl/N-ethyl adjacent to an activating group) is 1. The molecule has 9 heteroatoms. The Hall–Kier alpha value is -3.69. The third kappa shape index (κ3) is 6.85. The van der Waals surface area contributed by atoms with Crippen molar-refractivity contribution in [2.45, 2.75) is 49.7 Å². The van der Waals surface area contributed by atoms with E-state index in [4.69, 9.17) is 0 Å². The molecule has 204 valence electrons. The molecule has 0 radical (unpaired) electrons. The second-order valence-corrected chi connectivity index (χ2v) is 11.8. The SMILES string of the molecule is CN(Cc1ccccc1)C(=O)C1N(C(=O)[C@@H](O)[C@H](Cc2ccccc2)NC(=O)c2cccnc2)CSC1(C)C. The molecule has 0 spiro atoms. The van der Waals surface area contributed by atoms with Crippen molar-refractivity contribution in [2.75, 3.05) is 12.9 Å². The summed E-state index contributed by atoms with van der Waals surface area (Å²) in [6.45, 7) is 4.27. The van der Waals surface area contributed by atoms with E-state index in [1.165, 1.54) is 22.9 Å². The van der Waals surface area contributed by atoms with Gasteiger partial charge in [-0.1, -0.05) is 60.7 Å². The van der Waals surface area contributed by atoms with Crippen LogP contribution < -0.4 is 5.32 Å². The van der Waals surface area contributed by atoms with E-state index in [1.54, 1.807) is 30.3 Å². The first-order valence-electron chi connectivity index (χ1n) is 12.8. The van der Waals surface area contributed by atoms with Crippen LogP contribution in [0.25, 0.3) is 0 Å². The monoisotopic (exact) mass is 546 g/mol. The van der Waals surface area contributed by atoms with Gasteiger partial charge in [-0.05, 0) is 43.5 Å². The maximum atomic E-state index is 13.8. The van der Waals surface area contributed by atoms with Gasteiger partial charge in [0.25, 0.3) is 11.8 Å². The number of carbonyl (C=O) groups excluding carboxylic acids is 3. The number of benzene rings is 2. The standard InChI is InChI=1S/C30H34N4O4S/c1-30(2)26(29(38)33(3)19-22-13-8-5-9-14-22)34(20-39-30)28(37)25(35)24(17-21-11-6-4-7-12-21)32-27(36)23-15-10-16-31-18-23/h4-16,18,24-26,35H,17,19-20H2,1-3H3,(H,32,36)/t24-,25-,26?/m0/s1. The van der Waals surface area contributed by atoms with Crippen LogP contribution in [0.3, 0.4) is 0 Å². The van der Waals surface area contributed by atoms with Crippen molar-refractivity contribution in [3.8, 4) is 0 Å². The molecule has 1 fully saturated rings. The summed E-state index contributed by atoms with van der Waals surface area (Å²) in [6.07, 6.45) is 1.67. The van der Waals surface area contributed by atoms with Crippen LogP contribution in [0.4, 0.5) is 0 Å². The Bertz CT molecular complexity index is 1270. The van der Waals surface area contributed by atoms with Gasteiger partial charge >= 0.3 is 0 Å².